The van der Waals surface area contributed by atoms with Crippen molar-refractivity contribution in [3.8, 4) is 11.8 Å². The number of nitrogens with zero attached hydrogens (tertiary/aromatic N) is 3. The summed E-state index contributed by atoms with van der Waals surface area (Å²) >= 11 is 1.41. The Balaban J connectivity index is 1.36. The minimum absolute atomic E-state index is 0.00382. The molecule has 0 bridgehead atoms. The number of rotatable bonds is 5. The summed E-state index contributed by atoms with van der Waals surface area (Å²) in [5.41, 5.74) is -0.323. The van der Waals surface area contributed by atoms with Crippen LogP contribution < -0.4 is 9.47 Å². The van der Waals surface area contributed by atoms with E-state index < -0.39 is 0 Å². The molecule has 0 radical (unpaired) electrons. The summed E-state index contributed by atoms with van der Waals surface area (Å²) in [4.78, 5) is 23.4. The lowest BCUT2D eigenvalue weighted by molar-refractivity contribution is -0.174. The molecule has 26 heavy (non-hydrogen) atoms. The third kappa shape index (κ3) is 3.39. The van der Waals surface area contributed by atoms with Crippen LogP contribution in [0.3, 0.4) is 0 Å². The fourth-order valence-electron chi connectivity index (χ4n) is 3.46. The lowest BCUT2D eigenvalue weighted by atomic mass is 9.84. The van der Waals surface area contributed by atoms with Crippen molar-refractivity contribution in [1.29, 1.82) is 0 Å². The van der Waals surface area contributed by atoms with Crippen LogP contribution in [-0.4, -0.2) is 58.8 Å². The highest BCUT2D eigenvalue weighted by molar-refractivity contribution is 7.12. The van der Waals surface area contributed by atoms with E-state index in [2.05, 4.69) is 9.97 Å². The summed E-state index contributed by atoms with van der Waals surface area (Å²) in [7, 11) is 0. The SMILES string of the molecule is CCOc1ccsc1C(=O)N1CC2(C[C@@H](Oc3ncccn3)CCO2)C1. The van der Waals surface area contributed by atoms with Crippen molar-refractivity contribution in [2.24, 2.45) is 0 Å². The Hall–Kier alpha value is -2.19. The van der Waals surface area contributed by atoms with Gasteiger partial charge in [-0.3, -0.25) is 4.79 Å². The van der Waals surface area contributed by atoms with Gasteiger partial charge in [0, 0.05) is 25.2 Å². The van der Waals surface area contributed by atoms with Gasteiger partial charge in [-0.25, -0.2) is 9.97 Å². The van der Waals surface area contributed by atoms with Crippen molar-refractivity contribution in [3.63, 3.8) is 0 Å². The highest BCUT2D eigenvalue weighted by Crippen LogP contribution is 2.37. The van der Waals surface area contributed by atoms with E-state index in [4.69, 9.17) is 14.2 Å². The van der Waals surface area contributed by atoms with Gasteiger partial charge in [-0.2, -0.15) is 0 Å². The van der Waals surface area contributed by atoms with Crippen LogP contribution in [0.5, 0.6) is 11.8 Å². The molecular weight excluding hydrogens is 354 g/mol. The second kappa shape index (κ2) is 7.20. The van der Waals surface area contributed by atoms with Crippen molar-refractivity contribution >= 4 is 17.2 Å². The van der Waals surface area contributed by atoms with Crippen molar-refractivity contribution in [1.82, 2.24) is 14.9 Å². The van der Waals surface area contributed by atoms with E-state index in [-0.39, 0.29) is 17.6 Å². The Kier molecular flexibility index (Phi) is 4.78. The van der Waals surface area contributed by atoms with Crippen LogP contribution in [0.15, 0.2) is 29.9 Å². The average molecular weight is 375 g/mol. The third-order valence-electron chi connectivity index (χ3n) is 4.63. The van der Waals surface area contributed by atoms with E-state index >= 15 is 0 Å². The Labute approximate surface area is 155 Å². The number of amides is 1. The second-order valence-corrected chi connectivity index (χ2v) is 7.42. The van der Waals surface area contributed by atoms with Crippen LogP contribution in [0.25, 0.3) is 0 Å². The Morgan fingerprint density at radius 1 is 1.42 bits per heavy atom. The fraction of sp³-hybridized carbons (Fsp3) is 0.500. The molecule has 8 heteroatoms. The highest BCUT2D eigenvalue weighted by Gasteiger charge is 2.50. The Morgan fingerprint density at radius 3 is 3.00 bits per heavy atom. The zero-order valence-corrected chi connectivity index (χ0v) is 15.4. The number of likely N-dealkylation sites (tertiary alicyclic amines) is 1. The average Bonchev–Trinajstić information content (AvgIpc) is 3.09. The van der Waals surface area contributed by atoms with E-state index in [9.17, 15) is 4.79 Å². The van der Waals surface area contributed by atoms with Gasteiger partial charge in [0.15, 0.2) is 0 Å². The standard InChI is InChI=1S/C18H21N3O4S/c1-2-23-14-5-9-26-15(14)16(22)21-11-18(12-21)10-13(4-8-24-18)25-17-19-6-3-7-20-17/h3,5-7,9,13H,2,4,8,10-12H2,1H3/t13-/m0/s1. The molecule has 1 spiro atoms. The number of ether oxygens (including phenoxy) is 3. The number of carbonyl (C=O) groups is 1. The lowest BCUT2D eigenvalue weighted by Crippen LogP contribution is -2.67. The maximum absolute atomic E-state index is 12.7. The number of hydrogen-bond donors (Lipinski definition) is 0. The molecule has 4 rings (SSSR count). The first-order valence-corrected chi connectivity index (χ1v) is 9.64. The van der Waals surface area contributed by atoms with E-state index in [1.165, 1.54) is 11.3 Å². The van der Waals surface area contributed by atoms with Crippen molar-refractivity contribution in [2.75, 3.05) is 26.3 Å². The predicted molar refractivity (Wildman–Crippen MR) is 95.8 cm³/mol. The highest BCUT2D eigenvalue weighted by atomic mass is 32.1. The van der Waals surface area contributed by atoms with Crippen LogP contribution in [0, 0.1) is 0 Å². The molecule has 2 aromatic heterocycles. The van der Waals surface area contributed by atoms with Crippen molar-refractivity contribution < 1.29 is 19.0 Å². The molecule has 2 fully saturated rings. The van der Waals surface area contributed by atoms with Gasteiger partial charge < -0.3 is 19.1 Å². The predicted octanol–water partition coefficient (Wildman–Crippen LogP) is 2.39. The summed E-state index contributed by atoms with van der Waals surface area (Å²) in [6, 6.07) is 3.99. The first-order chi connectivity index (χ1) is 12.7. The molecule has 2 saturated heterocycles. The number of carbonyl (C=O) groups excluding carboxylic acids is 1. The number of thiophene rings is 1. The van der Waals surface area contributed by atoms with Crippen molar-refractivity contribution in [2.45, 2.75) is 31.5 Å². The Bertz CT molecular complexity index is 761. The molecule has 7 nitrogen and oxygen atoms in total. The summed E-state index contributed by atoms with van der Waals surface area (Å²) in [6.07, 6.45) is 4.87. The minimum atomic E-state index is -0.323. The van der Waals surface area contributed by atoms with Crippen LogP contribution in [0.1, 0.15) is 29.4 Å². The molecule has 2 aliphatic heterocycles. The van der Waals surface area contributed by atoms with E-state index in [0.717, 1.165) is 12.8 Å². The lowest BCUT2D eigenvalue weighted by Gasteiger charge is -2.52. The van der Waals surface area contributed by atoms with Crippen molar-refractivity contribution in [3.05, 3.63) is 34.8 Å². The molecule has 2 aliphatic rings. The van der Waals surface area contributed by atoms with Gasteiger partial charge in [0.1, 0.15) is 22.3 Å². The van der Waals surface area contributed by atoms with Gasteiger partial charge in [-0.15, -0.1) is 11.3 Å². The van der Waals surface area contributed by atoms with Gasteiger partial charge in [-0.1, -0.05) is 0 Å². The molecule has 0 aliphatic carbocycles. The summed E-state index contributed by atoms with van der Waals surface area (Å²) < 4.78 is 17.4. The van der Waals surface area contributed by atoms with E-state index in [1.54, 1.807) is 18.5 Å². The van der Waals surface area contributed by atoms with Gasteiger partial charge >= 0.3 is 6.01 Å². The number of aromatic nitrogens is 2. The first-order valence-electron chi connectivity index (χ1n) is 8.76. The smallest absolute Gasteiger partial charge is 0.316 e. The second-order valence-electron chi connectivity index (χ2n) is 6.50. The topological polar surface area (TPSA) is 73.8 Å². The van der Waals surface area contributed by atoms with Crippen LogP contribution in [-0.2, 0) is 4.74 Å². The van der Waals surface area contributed by atoms with E-state index in [0.29, 0.717) is 42.9 Å². The maximum Gasteiger partial charge on any atom is 0.316 e. The normalized spacial score (nSPS) is 21.3. The molecule has 4 heterocycles. The molecule has 1 amide bonds. The monoisotopic (exact) mass is 375 g/mol. The largest absolute Gasteiger partial charge is 0.492 e. The van der Waals surface area contributed by atoms with Crippen LogP contribution >= 0.6 is 11.3 Å². The first kappa shape index (κ1) is 17.2. The zero-order valence-electron chi connectivity index (χ0n) is 14.6. The quantitative estimate of drug-likeness (QED) is 0.799. The molecular formula is C18H21N3O4S. The van der Waals surface area contributed by atoms with Gasteiger partial charge in [0.05, 0.1) is 26.3 Å². The maximum atomic E-state index is 12.7. The van der Waals surface area contributed by atoms with Gasteiger partial charge in [0.2, 0.25) is 0 Å². The molecule has 0 unspecified atom stereocenters. The molecule has 2 aromatic rings. The fourth-order valence-corrected chi connectivity index (χ4v) is 4.26. The van der Waals surface area contributed by atoms with Crippen LogP contribution in [0.4, 0.5) is 0 Å². The van der Waals surface area contributed by atoms with Gasteiger partial charge in [-0.05, 0) is 24.4 Å². The number of hydrogen-bond acceptors (Lipinski definition) is 7. The molecule has 0 N–H and O–H groups in total. The summed E-state index contributed by atoms with van der Waals surface area (Å²) in [6.45, 7) is 4.22. The van der Waals surface area contributed by atoms with Crippen LogP contribution in [0.2, 0.25) is 0 Å². The summed E-state index contributed by atoms with van der Waals surface area (Å²) in [5.74, 6) is 0.669. The molecule has 1 atom stereocenters. The molecule has 138 valence electrons. The minimum Gasteiger partial charge on any atom is -0.492 e. The molecule has 0 saturated carbocycles. The van der Waals surface area contributed by atoms with Gasteiger partial charge in [0.25, 0.3) is 5.91 Å². The third-order valence-corrected chi connectivity index (χ3v) is 5.51. The Morgan fingerprint density at radius 2 is 2.23 bits per heavy atom. The zero-order chi connectivity index (χ0) is 18.0. The summed E-state index contributed by atoms with van der Waals surface area (Å²) in [5, 5.41) is 1.88. The van der Waals surface area contributed by atoms with E-state index in [1.807, 2.05) is 23.3 Å². The molecule has 0 aromatic carbocycles.